The normalized spacial score (nSPS) is 16.8. The summed E-state index contributed by atoms with van der Waals surface area (Å²) >= 11 is 0. The van der Waals surface area contributed by atoms with Gasteiger partial charge in [-0.15, -0.1) is 0 Å². The molecule has 2 atom stereocenters. The Morgan fingerprint density at radius 3 is 2.92 bits per heavy atom. The summed E-state index contributed by atoms with van der Waals surface area (Å²) in [5, 5.41) is 2.95. The maximum atomic E-state index is 12.3. The van der Waals surface area contributed by atoms with E-state index in [2.05, 4.69) is 10.3 Å². The van der Waals surface area contributed by atoms with Crippen LogP contribution >= 0.6 is 0 Å². The topological polar surface area (TPSA) is 60.5 Å². The predicted molar refractivity (Wildman–Crippen MR) is 101 cm³/mol. The molecule has 0 radical (unpaired) electrons. The molecule has 0 spiro atoms. The Balaban J connectivity index is 1.73. The van der Waals surface area contributed by atoms with E-state index in [1.807, 2.05) is 45.0 Å². The van der Waals surface area contributed by atoms with Crippen molar-refractivity contribution in [3.05, 3.63) is 59.4 Å². The van der Waals surface area contributed by atoms with Crippen LogP contribution in [-0.4, -0.2) is 23.6 Å². The lowest BCUT2D eigenvalue weighted by atomic mass is 10.1. The van der Waals surface area contributed by atoms with Gasteiger partial charge >= 0.3 is 0 Å². The minimum Gasteiger partial charge on any atom is -0.493 e. The zero-order valence-electron chi connectivity index (χ0n) is 15.4. The molecular formula is C21H24N2O3. The fourth-order valence-electron chi connectivity index (χ4n) is 3.03. The van der Waals surface area contributed by atoms with Crippen molar-refractivity contribution < 1.29 is 14.3 Å². The lowest BCUT2D eigenvalue weighted by Gasteiger charge is -2.13. The third-order valence-electron chi connectivity index (χ3n) is 4.31. The molecule has 1 N–H and O–H groups in total. The third kappa shape index (κ3) is 4.23. The maximum Gasteiger partial charge on any atom is 0.244 e. The molecule has 0 saturated heterocycles. The van der Waals surface area contributed by atoms with E-state index in [-0.39, 0.29) is 18.1 Å². The van der Waals surface area contributed by atoms with Crippen LogP contribution in [0, 0.1) is 0 Å². The fraction of sp³-hybridized carbons (Fsp3) is 0.333. The highest BCUT2D eigenvalue weighted by molar-refractivity contribution is 5.92. The molecule has 0 fully saturated rings. The van der Waals surface area contributed by atoms with Gasteiger partial charge < -0.3 is 14.8 Å². The highest BCUT2D eigenvalue weighted by Crippen LogP contribution is 2.35. The number of ether oxygens (including phenoxy) is 2. The zero-order chi connectivity index (χ0) is 18.5. The third-order valence-corrected chi connectivity index (χ3v) is 4.31. The van der Waals surface area contributed by atoms with Crippen molar-refractivity contribution in [3.63, 3.8) is 0 Å². The quantitative estimate of drug-likeness (QED) is 0.806. The first-order valence-electron chi connectivity index (χ1n) is 8.91. The number of aromatic nitrogens is 1. The number of carbonyl (C=O) groups is 1. The molecular weight excluding hydrogens is 328 g/mol. The molecule has 1 aromatic heterocycles. The number of hydrogen-bond donors (Lipinski definition) is 1. The first-order chi connectivity index (χ1) is 12.6. The molecule has 0 bridgehead atoms. The second-order valence-corrected chi connectivity index (χ2v) is 6.41. The van der Waals surface area contributed by atoms with Gasteiger partial charge in [-0.2, -0.15) is 0 Å². The maximum absolute atomic E-state index is 12.3. The number of amides is 1. The second-order valence-electron chi connectivity index (χ2n) is 6.41. The summed E-state index contributed by atoms with van der Waals surface area (Å²) in [6.07, 6.45) is 7.78. The molecule has 5 nitrogen and oxygen atoms in total. The Kier molecular flexibility index (Phi) is 5.56. The molecule has 1 aromatic carbocycles. The molecule has 3 rings (SSSR count). The van der Waals surface area contributed by atoms with Gasteiger partial charge in [0, 0.05) is 36.0 Å². The van der Waals surface area contributed by atoms with Crippen LogP contribution in [0.15, 0.2) is 42.7 Å². The summed E-state index contributed by atoms with van der Waals surface area (Å²) in [6.45, 7) is 6.51. The van der Waals surface area contributed by atoms with Crippen LogP contribution in [0.2, 0.25) is 0 Å². The fourth-order valence-corrected chi connectivity index (χ4v) is 3.03. The Labute approximate surface area is 154 Å². The Hall–Kier alpha value is -2.82. The highest BCUT2D eigenvalue weighted by Gasteiger charge is 2.21. The van der Waals surface area contributed by atoms with Gasteiger partial charge in [0.2, 0.25) is 5.91 Å². The number of fused-ring (bicyclic) bond motifs is 1. The summed E-state index contributed by atoms with van der Waals surface area (Å²) in [6, 6.07) is 7.65. The van der Waals surface area contributed by atoms with E-state index in [1.54, 1.807) is 18.5 Å². The Morgan fingerprint density at radius 1 is 1.42 bits per heavy atom. The van der Waals surface area contributed by atoms with Crippen molar-refractivity contribution in [2.45, 2.75) is 39.3 Å². The number of nitrogens with zero attached hydrogens (tertiary/aromatic N) is 1. The summed E-state index contributed by atoms with van der Waals surface area (Å²) in [5.74, 6) is 1.48. The molecule has 26 heavy (non-hydrogen) atoms. The van der Waals surface area contributed by atoms with Crippen molar-refractivity contribution in [1.82, 2.24) is 10.3 Å². The van der Waals surface area contributed by atoms with E-state index in [4.69, 9.17) is 9.47 Å². The second kappa shape index (κ2) is 8.04. The number of pyridine rings is 1. The highest BCUT2D eigenvalue weighted by atomic mass is 16.5. The summed E-state index contributed by atoms with van der Waals surface area (Å²) in [4.78, 5) is 16.3. The smallest absolute Gasteiger partial charge is 0.244 e. The van der Waals surface area contributed by atoms with E-state index in [0.717, 1.165) is 34.6 Å². The molecule has 5 heteroatoms. The van der Waals surface area contributed by atoms with Gasteiger partial charge in [0.05, 0.1) is 12.6 Å². The average Bonchev–Trinajstić information content (AvgIpc) is 2.99. The van der Waals surface area contributed by atoms with E-state index < -0.39 is 0 Å². The first-order valence-corrected chi connectivity index (χ1v) is 8.91. The predicted octanol–water partition coefficient (Wildman–Crippen LogP) is 3.69. The standard InChI is InChI=1S/C21H24N2O3/c1-4-25-19-13-18-11-14(2)26-20(18)12-17(19)5-6-21(24)23-15(3)16-7-9-22-10-8-16/h5-10,12-15H,4,11H2,1-3H3,(H,23,24). The number of hydrogen-bond acceptors (Lipinski definition) is 4. The summed E-state index contributed by atoms with van der Waals surface area (Å²) < 4.78 is 11.5. The Morgan fingerprint density at radius 2 is 2.19 bits per heavy atom. The van der Waals surface area contributed by atoms with Gasteiger partial charge in [-0.1, -0.05) is 0 Å². The van der Waals surface area contributed by atoms with Crippen molar-refractivity contribution in [1.29, 1.82) is 0 Å². The van der Waals surface area contributed by atoms with Crippen molar-refractivity contribution in [2.75, 3.05) is 6.61 Å². The molecule has 1 aliphatic rings. The van der Waals surface area contributed by atoms with Crippen LogP contribution in [0.25, 0.3) is 6.08 Å². The van der Waals surface area contributed by atoms with Gasteiger partial charge in [-0.3, -0.25) is 9.78 Å². The SMILES string of the molecule is CCOc1cc2c(cc1C=CC(=O)NC(C)c1ccncc1)OC(C)C2. The van der Waals surface area contributed by atoms with Crippen LogP contribution in [-0.2, 0) is 11.2 Å². The molecule has 0 aliphatic carbocycles. The van der Waals surface area contributed by atoms with Gasteiger partial charge in [-0.25, -0.2) is 0 Å². The van der Waals surface area contributed by atoms with Crippen LogP contribution in [0.5, 0.6) is 11.5 Å². The number of carbonyl (C=O) groups excluding carboxylic acids is 1. The number of rotatable bonds is 6. The van der Waals surface area contributed by atoms with E-state index >= 15 is 0 Å². The van der Waals surface area contributed by atoms with Crippen molar-refractivity contribution in [3.8, 4) is 11.5 Å². The van der Waals surface area contributed by atoms with Crippen molar-refractivity contribution >= 4 is 12.0 Å². The summed E-state index contributed by atoms with van der Waals surface area (Å²) in [5.41, 5.74) is 3.00. The molecule has 136 valence electrons. The van der Waals surface area contributed by atoms with Crippen LogP contribution in [0.1, 0.15) is 43.5 Å². The first kappa shape index (κ1) is 18.0. The van der Waals surface area contributed by atoms with Crippen LogP contribution in [0.3, 0.4) is 0 Å². The van der Waals surface area contributed by atoms with Gasteiger partial charge in [-0.05, 0) is 56.7 Å². The molecule has 2 heterocycles. The lowest BCUT2D eigenvalue weighted by molar-refractivity contribution is -0.117. The lowest BCUT2D eigenvalue weighted by Crippen LogP contribution is -2.24. The van der Waals surface area contributed by atoms with E-state index in [9.17, 15) is 4.79 Å². The largest absolute Gasteiger partial charge is 0.493 e. The van der Waals surface area contributed by atoms with Crippen LogP contribution in [0.4, 0.5) is 0 Å². The Bertz CT molecular complexity index is 802. The number of nitrogens with one attached hydrogen (secondary N) is 1. The molecule has 0 saturated carbocycles. The molecule has 2 unspecified atom stereocenters. The zero-order valence-corrected chi connectivity index (χ0v) is 15.4. The van der Waals surface area contributed by atoms with Crippen LogP contribution < -0.4 is 14.8 Å². The molecule has 2 aromatic rings. The minimum atomic E-state index is -0.161. The van der Waals surface area contributed by atoms with E-state index in [0.29, 0.717) is 6.61 Å². The number of benzene rings is 1. The van der Waals surface area contributed by atoms with Gasteiger partial charge in [0.25, 0.3) is 0 Å². The van der Waals surface area contributed by atoms with E-state index in [1.165, 1.54) is 6.08 Å². The molecule has 1 aliphatic heterocycles. The van der Waals surface area contributed by atoms with Gasteiger partial charge in [0.1, 0.15) is 17.6 Å². The molecule has 1 amide bonds. The average molecular weight is 352 g/mol. The van der Waals surface area contributed by atoms with Crippen molar-refractivity contribution in [2.24, 2.45) is 0 Å². The minimum absolute atomic E-state index is 0.0919. The van der Waals surface area contributed by atoms with Gasteiger partial charge in [0.15, 0.2) is 0 Å². The monoisotopic (exact) mass is 352 g/mol. The summed E-state index contributed by atoms with van der Waals surface area (Å²) in [7, 11) is 0.